The minimum atomic E-state index is 0.218. The summed E-state index contributed by atoms with van der Waals surface area (Å²) in [6, 6.07) is 0.323. The van der Waals surface area contributed by atoms with Crippen molar-refractivity contribution in [2.24, 2.45) is 5.73 Å². The average Bonchev–Trinajstić information content (AvgIpc) is 2.40. The molecule has 0 aliphatic carbocycles. The minimum Gasteiger partial charge on any atom is -0.326 e. The van der Waals surface area contributed by atoms with Crippen LogP contribution in [0, 0.1) is 0 Å². The highest BCUT2D eigenvalue weighted by molar-refractivity contribution is 4.96. The Balaban J connectivity index is 4.54. The third-order valence-corrected chi connectivity index (χ3v) is 4.68. The van der Waals surface area contributed by atoms with Gasteiger partial charge in [0.25, 0.3) is 0 Å². The summed E-state index contributed by atoms with van der Waals surface area (Å²) in [6.45, 7) is 13.6. The van der Waals surface area contributed by atoms with Crippen LogP contribution in [0.15, 0.2) is 0 Å². The molecule has 0 spiro atoms. The van der Waals surface area contributed by atoms with Crippen LogP contribution in [-0.2, 0) is 0 Å². The molecule has 0 rings (SSSR count). The van der Waals surface area contributed by atoms with E-state index in [2.05, 4.69) is 39.5 Å². The van der Waals surface area contributed by atoms with E-state index in [0.717, 1.165) is 13.1 Å². The van der Waals surface area contributed by atoms with Gasteiger partial charge in [0.2, 0.25) is 0 Å². The molecule has 0 aliphatic rings. The summed E-state index contributed by atoms with van der Waals surface area (Å²) in [5.41, 5.74) is 6.78. The van der Waals surface area contributed by atoms with Gasteiger partial charge >= 0.3 is 0 Å². The van der Waals surface area contributed by atoms with Gasteiger partial charge in [-0.1, -0.05) is 60.3 Å². The standard InChI is InChI=1S/C16H36N2/c1-6-11-12-13-14-15(17)16(7-2,8-3)18(9-4)10-5/h15H,6-14,17H2,1-5H3. The van der Waals surface area contributed by atoms with Crippen LogP contribution in [0.2, 0.25) is 0 Å². The summed E-state index contributed by atoms with van der Waals surface area (Å²) in [4.78, 5) is 2.58. The number of rotatable bonds is 11. The first-order chi connectivity index (χ1) is 8.62. The summed E-state index contributed by atoms with van der Waals surface area (Å²) in [6.07, 6.45) is 8.80. The number of hydrogen-bond donors (Lipinski definition) is 1. The molecule has 110 valence electrons. The Kier molecular flexibility index (Phi) is 9.76. The van der Waals surface area contributed by atoms with E-state index in [4.69, 9.17) is 5.73 Å². The van der Waals surface area contributed by atoms with E-state index in [1.807, 2.05) is 0 Å². The predicted molar refractivity (Wildman–Crippen MR) is 83.0 cm³/mol. The topological polar surface area (TPSA) is 29.3 Å². The zero-order valence-corrected chi connectivity index (χ0v) is 13.5. The van der Waals surface area contributed by atoms with E-state index >= 15 is 0 Å². The summed E-state index contributed by atoms with van der Waals surface area (Å²) < 4.78 is 0. The van der Waals surface area contributed by atoms with Crippen LogP contribution in [-0.4, -0.2) is 29.6 Å². The van der Waals surface area contributed by atoms with E-state index in [1.165, 1.54) is 44.9 Å². The molecular formula is C16H36N2. The van der Waals surface area contributed by atoms with E-state index in [9.17, 15) is 0 Å². The van der Waals surface area contributed by atoms with Gasteiger partial charge in [-0.25, -0.2) is 0 Å². The van der Waals surface area contributed by atoms with Crippen LogP contribution in [0.3, 0.4) is 0 Å². The van der Waals surface area contributed by atoms with Crippen molar-refractivity contribution in [2.75, 3.05) is 13.1 Å². The Morgan fingerprint density at radius 1 is 0.889 bits per heavy atom. The van der Waals surface area contributed by atoms with Gasteiger partial charge in [0.1, 0.15) is 0 Å². The molecule has 0 radical (unpaired) electrons. The highest BCUT2D eigenvalue weighted by Crippen LogP contribution is 2.29. The Bertz CT molecular complexity index is 184. The second-order valence-corrected chi connectivity index (χ2v) is 5.44. The first-order valence-electron chi connectivity index (χ1n) is 8.13. The lowest BCUT2D eigenvalue weighted by atomic mass is 9.80. The fourth-order valence-electron chi connectivity index (χ4n) is 3.37. The molecule has 0 saturated heterocycles. The second kappa shape index (κ2) is 9.80. The fourth-order valence-corrected chi connectivity index (χ4v) is 3.37. The zero-order valence-electron chi connectivity index (χ0n) is 13.5. The fraction of sp³-hybridized carbons (Fsp3) is 1.00. The van der Waals surface area contributed by atoms with Crippen molar-refractivity contribution in [1.29, 1.82) is 0 Å². The lowest BCUT2D eigenvalue weighted by Crippen LogP contribution is -2.59. The lowest BCUT2D eigenvalue weighted by Gasteiger charge is -2.46. The summed E-state index contributed by atoms with van der Waals surface area (Å²) in [7, 11) is 0. The van der Waals surface area contributed by atoms with Crippen LogP contribution in [0.4, 0.5) is 0 Å². The Morgan fingerprint density at radius 3 is 1.83 bits per heavy atom. The maximum atomic E-state index is 6.57. The van der Waals surface area contributed by atoms with Gasteiger partial charge in [0.05, 0.1) is 0 Å². The number of hydrogen-bond acceptors (Lipinski definition) is 2. The highest BCUT2D eigenvalue weighted by atomic mass is 15.2. The number of nitrogens with two attached hydrogens (primary N) is 1. The molecule has 0 aromatic rings. The smallest absolute Gasteiger partial charge is 0.0354 e. The van der Waals surface area contributed by atoms with Gasteiger partial charge in [0.15, 0.2) is 0 Å². The normalized spacial score (nSPS) is 14.2. The van der Waals surface area contributed by atoms with Crippen molar-refractivity contribution < 1.29 is 0 Å². The zero-order chi connectivity index (χ0) is 14.0. The molecular weight excluding hydrogens is 220 g/mol. The Morgan fingerprint density at radius 2 is 1.44 bits per heavy atom. The van der Waals surface area contributed by atoms with Gasteiger partial charge in [-0.3, -0.25) is 4.90 Å². The predicted octanol–water partition coefficient (Wildman–Crippen LogP) is 4.18. The first-order valence-corrected chi connectivity index (χ1v) is 8.13. The first kappa shape index (κ1) is 17.9. The van der Waals surface area contributed by atoms with Gasteiger partial charge in [-0.15, -0.1) is 0 Å². The van der Waals surface area contributed by atoms with Crippen molar-refractivity contribution in [2.45, 2.75) is 91.1 Å². The molecule has 18 heavy (non-hydrogen) atoms. The average molecular weight is 256 g/mol. The van der Waals surface area contributed by atoms with Crippen molar-refractivity contribution >= 4 is 0 Å². The summed E-state index contributed by atoms with van der Waals surface area (Å²) in [5.74, 6) is 0. The van der Waals surface area contributed by atoms with E-state index in [-0.39, 0.29) is 5.54 Å². The van der Waals surface area contributed by atoms with Crippen LogP contribution >= 0.6 is 0 Å². The lowest BCUT2D eigenvalue weighted by molar-refractivity contribution is 0.0591. The van der Waals surface area contributed by atoms with Gasteiger partial charge < -0.3 is 5.73 Å². The SMILES string of the molecule is CCCCCCC(N)C(CC)(CC)N(CC)CC. The molecule has 1 unspecified atom stereocenters. The molecule has 1 atom stereocenters. The van der Waals surface area contributed by atoms with E-state index in [0.29, 0.717) is 6.04 Å². The second-order valence-electron chi connectivity index (χ2n) is 5.44. The van der Waals surface area contributed by atoms with Gasteiger partial charge in [-0.05, 0) is 32.4 Å². The van der Waals surface area contributed by atoms with Crippen LogP contribution in [0.1, 0.15) is 79.6 Å². The van der Waals surface area contributed by atoms with E-state index in [1.54, 1.807) is 0 Å². The molecule has 0 saturated carbocycles. The molecule has 0 aromatic heterocycles. The van der Waals surface area contributed by atoms with Gasteiger partial charge in [-0.2, -0.15) is 0 Å². The summed E-state index contributed by atoms with van der Waals surface area (Å²) >= 11 is 0. The molecule has 2 heteroatoms. The monoisotopic (exact) mass is 256 g/mol. The molecule has 0 bridgehead atoms. The quantitative estimate of drug-likeness (QED) is 0.562. The Hall–Kier alpha value is -0.0800. The number of likely N-dealkylation sites (N-methyl/N-ethyl adjacent to an activating group) is 1. The van der Waals surface area contributed by atoms with Crippen molar-refractivity contribution in [3.05, 3.63) is 0 Å². The van der Waals surface area contributed by atoms with Crippen molar-refractivity contribution in [1.82, 2.24) is 4.90 Å². The third-order valence-electron chi connectivity index (χ3n) is 4.68. The minimum absolute atomic E-state index is 0.218. The Labute approximate surface area is 115 Å². The molecule has 0 aliphatic heterocycles. The maximum Gasteiger partial charge on any atom is 0.0354 e. The van der Waals surface area contributed by atoms with Crippen LogP contribution in [0.25, 0.3) is 0 Å². The largest absolute Gasteiger partial charge is 0.326 e. The molecule has 0 fully saturated rings. The molecule has 2 nitrogen and oxygen atoms in total. The highest BCUT2D eigenvalue weighted by Gasteiger charge is 2.37. The van der Waals surface area contributed by atoms with Crippen LogP contribution < -0.4 is 5.73 Å². The number of unbranched alkanes of at least 4 members (excludes halogenated alkanes) is 3. The molecule has 0 aromatic carbocycles. The van der Waals surface area contributed by atoms with E-state index < -0.39 is 0 Å². The molecule has 0 amide bonds. The number of nitrogens with zero attached hydrogens (tertiary/aromatic N) is 1. The summed E-state index contributed by atoms with van der Waals surface area (Å²) in [5, 5.41) is 0. The van der Waals surface area contributed by atoms with Crippen molar-refractivity contribution in [3.63, 3.8) is 0 Å². The van der Waals surface area contributed by atoms with Crippen molar-refractivity contribution in [3.8, 4) is 0 Å². The molecule has 2 N–H and O–H groups in total. The van der Waals surface area contributed by atoms with Crippen LogP contribution in [0.5, 0.6) is 0 Å². The van der Waals surface area contributed by atoms with Gasteiger partial charge in [0, 0.05) is 11.6 Å². The molecule has 0 heterocycles. The third kappa shape index (κ3) is 4.55. The maximum absolute atomic E-state index is 6.57.